The van der Waals surface area contributed by atoms with Crippen molar-refractivity contribution >= 4 is 6.01 Å². The molecule has 13 heavy (non-hydrogen) atoms. The molecule has 1 aliphatic rings. The lowest BCUT2D eigenvalue weighted by Crippen LogP contribution is -2.28. The molecule has 0 radical (unpaired) electrons. The van der Waals surface area contributed by atoms with Crippen molar-refractivity contribution in [1.82, 2.24) is 10.3 Å². The van der Waals surface area contributed by atoms with Crippen LogP contribution in [0.3, 0.4) is 0 Å². The number of nitrogens with zero attached hydrogens (tertiary/aromatic N) is 1. The fourth-order valence-corrected chi connectivity index (χ4v) is 1.89. The van der Waals surface area contributed by atoms with Gasteiger partial charge in [0.15, 0.2) is 0 Å². The number of hydrogen-bond acceptors (Lipinski definition) is 4. The van der Waals surface area contributed by atoms with E-state index in [0.717, 1.165) is 24.5 Å². The van der Waals surface area contributed by atoms with Gasteiger partial charge in [0.2, 0.25) is 0 Å². The number of piperidine rings is 1. The fraction of sp³-hybridized carbons (Fsp3) is 0.667. The number of oxazole rings is 1. The van der Waals surface area contributed by atoms with Crippen LogP contribution in [0.4, 0.5) is 6.01 Å². The summed E-state index contributed by atoms with van der Waals surface area (Å²) in [5, 5.41) is 3.35. The Hall–Kier alpha value is -1.03. The van der Waals surface area contributed by atoms with Crippen molar-refractivity contribution in [2.24, 2.45) is 0 Å². The van der Waals surface area contributed by atoms with E-state index < -0.39 is 0 Å². The minimum atomic E-state index is 0.290. The minimum Gasteiger partial charge on any atom is -0.429 e. The van der Waals surface area contributed by atoms with Crippen LogP contribution in [0, 0.1) is 6.92 Å². The molecule has 0 saturated carbocycles. The highest BCUT2D eigenvalue weighted by Gasteiger charge is 2.21. The summed E-state index contributed by atoms with van der Waals surface area (Å²) in [6.45, 7) is 4.03. The zero-order valence-electron chi connectivity index (χ0n) is 7.84. The molecule has 0 amide bonds. The van der Waals surface area contributed by atoms with Crippen LogP contribution in [-0.4, -0.2) is 18.1 Å². The molecule has 1 saturated heterocycles. The lowest BCUT2D eigenvalue weighted by atomic mass is 9.95. The molecule has 72 valence electrons. The van der Waals surface area contributed by atoms with E-state index in [1.807, 2.05) is 6.92 Å². The average molecular weight is 181 g/mol. The smallest absolute Gasteiger partial charge is 0.292 e. The number of hydrogen-bond donors (Lipinski definition) is 2. The molecular weight excluding hydrogens is 166 g/mol. The Morgan fingerprint density at radius 1 is 1.62 bits per heavy atom. The van der Waals surface area contributed by atoms with Gasteiger partial charge in [0.1, 0.15) is 5.76 Å². The van der Waals surface area contributed by atoms with Crippen molar-refractivity contribution in [3.05, 3.63) is 11.5 Å². The standard InChI is InChI=1S/C9H15N3O/c1-6-8(12-9(10)13-6)7-3-2-4-11-5-7/h7,11H,2-5H2,1H3,(H2,10,12). The predicted octanol–water partition coefficient (Wildman–Crippen LogP) is 1.03. The van der Waals surface area contributed by atoms with Gasteiger partial charge in [-0.15, -0.1) is 0 Å². The van der Waals surface area contributed by atoms with Crippen molar-refractivity contribution in [2.45, 2.75) is 25.7 Å². The molecule has 3 N–H and O–H groups in total. The van der Waals surface area contributed by atoms with Gasteiger partial charge in [-0.3, -0.25) is 0 Å². The summed E-state index contributed by atoms with van der Waals surface area (Å²) in [5.74, 6) is 1.35. The van der Waals surface area contributed by atoms with Crippen LogP contribution in [0.5, 0.6) is 0 Å². The SMILES string of the molecule is Cc1oc(N)nc1C1CCCNC1. The first-order valence-electron chi connectivity index (χ1n) is 4.71. The van der Waals surface area contributed by atoms with Gasteiger partial charge < -0.3 is 15.5 Å². The van der Waals surface area contributed by atoms with Crippen LogP contribution in [0.15, 0.2) is 4.42 Å². The van der Waals surface area contributed by atoms with E-state index in [0.29, 0.717) is 5.92 Å². The Kier molecular flexibility index (Phi) is 2.22. The third kappa shape index (κ3) is 1.67. The maximum Gasteiger partial charge on any atom is 0.292 e. The van der Waals surface area contributed by atoms with Crippen molar-refractivity contribution in [3.63, 3.8) is 0 Å². The first kappa shape index (κ1) is 8.56. The highest BCUT2D eigenvalue weighted by Crippen LogP contribution is 2.26. The maximum absolute atomic E-state index is 5.49. The van der Waals surface area contributed by atoms with Gasteiger partial charge in [-0.2, -0.15) is 4.98 Å². The first-order valence-corrected chi connectivity index (χ1v) is 4.71. The Labute approximate surface area is 77.5 Å². The number of aromatic nitrogens is 1. The van der Waals surface area contributed by atoms with Gasteiger partial charge >= 0.3 is 0 Å². The van der Waals surface area contributed by atoms with Gasteiger partial charge in [-0.25, -0.2) is 0 Å². The molecule has 1 unspecified atom stereocenters. The summed E-state index contributed by atoms with van der Waals surface area (Å²) in [7, 11) is 0. The van der Waals surface area contributed by atoms with E-state index in [4.69, 9.17) is 10.2 Å². The van der Waals surface area contributed by atoms with Gasteiger partial charge in [-0.05, 0) is 26.3 Å². The largest absolute Gasteiger partial charge is 0.429 e. The lowest BCUT2D eigenvalue weighted by molar-refractivity contribution is 0.448. The van der Waals surface area contributed by atoms with Crippen molar-refractivity contribution in [1.29, 1.82) is 0 Å². The van der Waals surface area contributed by atoms with Crippen molar-refractivity contribution < 1.29 is 4.42 Å². The molecule has 2 heterocycles. The van der Waals surface area contributed by atoms with E-state index in [9.17, 15) is 0 Å². The predicted molar refractivity (Wildman–Crippen MR) is 50.5 cm³/mol. The molecule has 1 fully saturated rings. The van der Waals surface area contributed by atoms with Crippen molar-refractivity contribution in [3.8, 4) is 0 Å². The Morgan fingerprint density at radius 2 is 2.46 bits per heavy atom. The van der Waals surface area contributed by atoms with E-state index >= 15 is 0 Å². The van der Waals surface area contributed by atoms with Crippen LogP contribution in [0.25, 0.3) is 0 Å². The van der Waals surface area contributed by atoms with Crippen molar-refractivity contribution in [2.75, 3.05) is 18.8 Å². The molecule has 1 aromatic heterocycles. The van der Waals surface area contributed by atoms with Gasteiger partial charge in [0.05, 0.1) is 5.69 Å². The molecule has 4 heteroatoms. The third-order valence-corrected chi connectivity index (χ3v) is 2.53. The molecule has 1 aromatic rings. The summed E-state index contributed by atoms with van der Waals surface area (Å²) in [6, 6.07) is 0.290. The van der Waals surface area contributed by atoms with E-state index in [1.54, 1.807) is 0 Å². The normalized spacial score (nSPS) is 23.3. The van der Waals surface area contributed by atoms with Crippen LogP contribution in [0.1, 0.15) is 30.2 Å². The number of aryl methyl sites for hydroxylation is 1. The topological polar surface area (TPSA) is 64.1 Å². The molecule has 0 aromatic carbocycles. The van der Waals surface area contributed by atoms with E-state index in [1.165, 1.54) is 12.8 Å². The molecule has 0 spiro atoms. The van der Waals surface area contributed by atoms with Crippen LogP contribution >= 0.6 is 0 Å². The monoisotopic (exact) mass is 181 g/mol. The summed E-state index contributed by atoms with van der Waals surface area (Å²) in [5.41, 5.74) is 6.52. The third-order valence-electron chi connectivity index (χ3n) is 2.53. The number of nitrogens with one attached hydrogen (secondary N) is 1. The fourth-order valence-electron chi connectivity index (χ4n) is 1.89. The Balaban J connectivity index is 2.18. The maximum atomic E-state index is 5.49. The van der Waals surface area contributed by atoms with Gasteiger partial charge in [0, 0.05) is 12.5 Å². The average Bonchev–Trinajstić information content (AvgIpc) is 2.47. The second-order valence-electron chi connectivity index (χ2n) is 3.54. The molecule has 0 bridgehead atoms. The lowest BCUT2D eigenvalue weighted by Gasteiger charge is -2.20. The zero-order chi connectivity index (χ0) is 9.26. The highest BCUT2D eigenvalue weighted by molar-refractivity contribution is 5.23. The molecule has 1 aliphatic heterocycles. The summed E-state index contributed by atoms with van der Waals surface area (Å²) < 4.78 is 5.21. The zero-order valence-corrected chi connectivity index (χ0v) is 7.84. The van der Waals surface area contributed by atoms with Gasteiger partial charge in [0.25, 0.3) is 6.01 Å². The summed E-state index contributed by atoms with van der Waals surface area (Å²) >= 11 is 0. The second-order valence-corrected chi connectivity index (χ2v) is 3.54. The van der Waals surface area contributed by atoms with Crippen LogP contribution in [-0.2, 0) is 0 Å². The van der Waals surface area contributed by atoms with Crippen LogP contribution in [0.2, 0.25) is 0 Å². The Bertz CT molecular complexity index is 289. The van der Waals surface area contributed by atoms with E-state index in [-0.39, 0.29) is 6.01 Å². The number of anilines is 1. The quantitative estimate of drug-likeness (QED) is 0.679. The minimum absolute atomic E-state index is 0.290. The first-order chi connectivity index (χ1) is 6.27. The van der Waals surface area contributed by atoms with Gasteiger partial charge in [-0.1, -0.05) is 0 Å². The number of nitrogen functional groups attached to an aromatic ring is 1. The molecule has 4 nitrogen and oxygen atoms in total. The highest BCUT2D eigenvalue weighted by atomic mass is 16.4. The van der Waals surface area contributed by atoms with E-state index in [2.05, 4.69) is 10.3 Å². The summed E-state index contributed by atoms with van der Waals surface area (Å²) in [6.07, 6.45) is 2.39. The Morgan fingerprint density at radius 3 is 3.00 bits per heavy atom. The molecule has 2 rings (SSSR count). The number of rotatable bonds is 1. The summed E-state index contributed by atoms with van der Waals surface area (Å²) in [4.78, 5) is 4.20. The molecular formula is C9H15N3O. The molecule has 1 atom stereocenters. The second kappa shape index (κ2) is 3.38. The molecule has 0 aliphatic carbocycles. The number of nitrogens with two attached hydrogens (primary N) is 1. The van der Waals surface area contributed by atoms with Crippen LogP contribution < -0.4 is 11.1 Å².